The molecule has 1 aliphatic carbocycles. The van der Waals surface area contributed by atoms with Crippen molar-refractivity contribution in [1.82, 2.24) is 0 Å². The number of rotatable bonds is 7. The summed E-state index contributed by atoms with van der Waals surface area (Å²) in [5.74, 6) is 1.17. The lowest BCUT2D eigenvalue weighted by molar-refractivity contribution is 0.0979. The van der Waals surface area contributed by atoms with E-state index >= 15 is 0 Å². The van der Waals surface area contributed by atoms with Gasteiger partial charge >= 0.3 is 0 Å². The van der Waals surface area contributed by atoms with E-state index in [0.29, 0.717) is 12.2 Å². The molecule has 0 amide bonds. The number of aryl methyl sites for hydroxylation is 1. The molecule has 0 N–H and O–H groups in total. The second kappa shape index (κ2) is 8.92. The van der Waals surface area contributed by atoms with Crippen molar-refractivity contribution in [3.05, 3.63) is 47.0 Å². The van der Waals surface area contributed by atoms with Crippen molar-refractivity contribution in [2.75, 3.05) is 0 Å². The van der Waals surface area contributed by atoms with Gasteiger partial charge in [0.1, 0.15) is 0 Å². The summed E-state index contributed by atoms with van der Waals surface area (Å²) in [5, 5.41) is 0. The van der Waals surface area contributed by atoms with Crippen molar-refractivity contribution in [2.24, 2.45) is 5.92 Å². The lowest BCUT2D eigenvalue weighted by Crippen LogP contribution is -1.99. The van der Waals surface area contributed by atoms with Crippen LogP contribution in [0.2, 0.25) is 0 Å². The molecule has 1 aromatic carbocycles. The lowest BCUT2D eigenvalue weighted by atomic mass is 9.98. The molecule has 0 aliphatic heterocycles. The highest BCUT2D eigenvalue weighted by Crippen LogP contribution is 2.25. The van der Waals surface area contributed by atoms with Gasteiger partial charge in [0, 0.05) is 12.0 Å². The summed E-state index contributed by atoms with van der Waals surface area (Å²) in [5.41, 5.74) is 3.80. The minimum absolute atomic E-state index is 0.297. The summed E-state index contributed by atoms with van der Waals surface area (Å²) >= 11 is 0. The molecule has 22 heavy (non-hydrogen) atoms. The zero-order valence-electron chi connectivity index (χ0n) is 14.2. The minimum Gasteiger partial charge on any atom is -0.294 e. The highest BCUT2D eigenvalue weighted by molar-refractivity contribution is 5.96. The van der Waals surface area contributed by atoms with E-state index in [1.165, 1.54) is 37.7 Å². The van der Waals surface area contributed by atoms with Gasteiger partial charge in [0.2, 0.25) is 0 Å². The van der Waals surface area contributed by atoms with E-state index in [-0.39, 0.29) is 0 Å². The van der Waals surface area contributed by atoms with E-state index < -0.39 is 0 Å². The van der Waals surface area contributed by atoms with Crippen molar-refractivity contribution in [3.63, 3.8) is 0 Å². The molecule has 2 rings (SSSR count). The number of Topliss-reactive ketones (excluding diaryl/α,β-unsaturated/α-hetero) is 1. The van der Waals surface area contributed by atoms with Crippen molar-refractivity contribution in [2.45, 2.75) is 71.6 Å². The van der Waals surface area contributed by atoms with E-state index in [1.54, 1.807) is 5.57 Å². The van der Waals surface area contributed by atoms with Gasteiger partial charge in [-0.2, -0.15) is 0 Å². The minimum atomic E-state index is 0.297. The quantitative estimate of drug-likeness (QED) is 0.336. The summed E-state index contributed by atoms with van der Waals surface area (Å²) in [7, 11) is 0. The lowest BCUT2D eigenvalue weighted by Gasteiger charge is -2.07. The first-order chi connectivity index (χ1) is 10.7. The van der Waals surface area contributed by atoms with Gasteiger partial charge in [0.25, 0.3) is 0 Å². The third-order valence-electron chi connectivity index (χ3n) is 4.89. The largest absolute Gasteiger partial charge is 0.294 e. The van der Waals surface area contributed by atoms with Gasteiger partial charge in [-0.25, -0.2) is 0 Å². The van der Waals surface area contributed by atoms with Crippen LogP contribution in [-0.4, -0.2) is 5.78 Å². The van der Waals surface area contributed by atoms with Gasteiger partial charge in [-0.1, -0.05) is 49.8 Å². The maximum absolute atomic E-state index is 12.2. The van der Waals surface area contributed by atoms with Crippen LogP contribution in [-0.2, 0) is 6.42 Å². The molecule has 0 heterocycles. The molecule has 0 radical (unpaired) electrons. The number of benzene rings is 1. The Morgan fingerprint density at radius 2 is 1.91 bits per heavy atom. The van der Waals surface area contributed by atoms with Crippen LogP contribution in [0, 0.1) is 5.92 Å². The van der Waals surface area contributed by atoms with Crippen LogP contribution in [0.1, 0.15) is 81.1 Å². The Hall–Kier alpha value is -1.37. The van der Waals surface area contributed by atoms with Gasteiger partial charge in [-0.05, 0) is 62.8 Å². The molecule has 0 aromatic heterocycles. The van der Waals surface area contributed by atoms with Gasteiger partial charge in [0.05, 0.1) is 0 Å². The predicted octanol–water partition coefficient (Wildman–Crippen LogP) is 6.13. The molecule has 0 saturated carbocycles. The van der Waals surface area contributed by atoms with Gasteiger partial charge in [-0.15, -0.1) is 0 Å². The third-order valence-corrected chi connectivity index (χ3v) is 4.89. The Morgan fingerprint density at radius 1 is 1.14 bits per heavy atom. The number of carbonyl (C=O) groups is 1. The number of unbranched alkanes of at least 4 members (excludes halogenated alkanes) is 1. The normalized spacial score (nSPS) is 18.6. The van der Waals surface area contributed by atoms with E-state index in [2.05, 4.69) is 32.1 Å². The molecular formula is C21H30O. The zero-order chi connectivity index (χ0) is 15.8. The first-order valence-corrected chi connectivity index (χ1v) is 8.99. The second-order valence-corrected chi connectivity index (χ2v) is 6.76. The third kappa shape index (κ3) is 5.44. The molecule has 1 atom stereocenters. The molecule has 1 unspecified atom stereocenters. The Morgan fingerprint density at radius 3 is 2.64 bits per heavy atom. The number of allylic oxidation sites excluding steroid dienone is 2. The number of carbonyl (C=O) groups excluding carboxylic acids is 1. The average molecular weight is 298 g/mol. The smallest absolute Gasteiger partial charge is 0.162 e. The molecule has 1 nitrogen and oxygen atoms in total. The van der Waals surface area contributed by atoms with E-state index in [4.69, 9.17) is 0 Å². The van der Waals surface area contributed by atoms with E-state index in [0.717, 1.165) is 30.7 Å². The Balaban J connectivity index is 1.69. The van der Waals surface area contributed by atoms with Crippen molar-refractivity contribution >= 4 is 5.78 Å². The van der Waals surface area contributed by atoms with Crippen LogP contribution in [0.15, 0.2) is 35.9 Å². The van der Waals surface area contributed by atoms with E-state index in [9.17, 15) is 4.79 Å². The Kier molecular flexibility index (Phi) is 6.89. The standard InChI is InChI=1S/C21H30O/c1-3-18-13-15-20(16-14-18)21(22)10-5-4-8-19-9-6-7-17(2)11-12-19/h9,13-17H,3-8,10-12H2,1-2H3. The van der Waals surface area contributed by atoms with Crippen molar-refractivity contribution < 1.29 is 4.79 Å². The predicted molar refractivity (Wildman–Crippen MR) is 94.3 cm³/mol. The molecule has 1 aliphatic rings. The highest BCUT2D eigenvalue weighted by atomic mass is 16.1. The average Bonchev–Trinajstić information content (AvgIpc) is 2.76. The number of hydrogen-bond donors (Lipinski definition) is 0. The molecule has 0 spiro atoms. The maximum atomic E-state index is 12.2. The summed E-state index contributed by atoms with van der Waals surface area (Å²) in [6.07, 6.45) is 12.7. The van der Waals surface area contributed by atoms with E-state index in [1.807, 2.05) is 12.1 Å². The number of ketones is 1. The van der Waals surface area contributed by atoms with Crippen LogP contribution in [0.3, 0.4) is 0 Å². The number of hydrogen-bond acceptors (Lipinski definition) is 1. The topological polar surface area (TPSA) is 17.1 Å². The Bertz CT molecular complexity index is 495. The fourth-order valence-corrected chi connectivity index (χ4v) is 3.19. The molecule has 0 fully saturated rings. The van der Waals surface area contributed by atoms with Gasteiger partial charge in [0.15, 0.2) is 5.78 Å². The molecule has 0 saturated heterocycles. The van der Waals surface area contributed by atoms with Crippen LogP contribution >= 0.6 is 0 Å². The van der Waals surface area contributed by atoms with Crippen LogP contribution in [0.5, 0.6) is 0 Å². The van der Waals surface area contributed by atoms with Crippen molar-refractivity contribution in [1.29, 1.82) is 0 Å². The SMILES string of the molecule is CCc1ccc(C(=O)CCCCC2=CCCC(C)CC2)cc1. The van der Waals surface area contributed by atoms with Crippen LogP contribution in [0.25, 0.3) is 0 Å². The van der Waals surface area contributed by atoms with Crippen molar-refractivity contribution in [3.8, 4) is 0 Å². The highest BCUT2D eigenvalue weighted by Gasteiger charge is 2.09. The monoisotopic (exact) mass is 298 g/mol. The molecule has 120 valence electrons. The first-order valence-electron chi connectivity index (χ1n) is 8.99. The van der Waals surface area contributed by atoms with Gasteiger partial charge in [-0.3, -0.25) is 4.79 Å². The summed E-state index contributed by atoms with van der Waals surface area (Å²) < 4.78 is 0. The van der Waals surface area contributed by atoms with Gasteiger partial charge < -0.3 is 0 Å². The first kappa shape index (κ1) is 17.0. The van der Waals surface area contributed by atoms with Crippen LogP contribution < -0.4 is 0 Å². The molecule has 1 aromatic rings. The maximum Gasteiger partial charge on any atom is 0.162 e. The fourth-order valence-electron chi connectivity index (χ4n) is 3.19. The summed E-state index contributed by atoms with van der Waals surface area (Å²) in [6, 6.07) is 8.11. The summed E-state index contributed by atoms with van der Waals surface area (Å²) in [4.78, 5) is 12.2. The molecule has 0 bridgehead atoms. The second-order valence-electron chi connectivity index (χ2n) is 6.76. The molecule has 1 heteroatoms. The van der Waals surface area contributed by atoms with Crippen LogP contribution in [0.4, 0.5) is 0 Å². The molecular weight excluding hydrogens is 268 g/mol. The Labute approximate surface area is 135 Å². The summed E-state index contributed by atoms with van der Waals surface area (Å²) in [6.45, 7) is 4.50. The zero-order valence-corrected chi connectivity index (χ0v) is 14.2. The fraction of sp³-hybridized carbons (Fsp3) is 0.571.